The molecule has 1 N–H and O–H groups in total. The first-order valence-electron chi connectivity index (χ1n) is 6.54. The molecule has 1 aromatic heterocycles. The highest BCUT2D eigenvalue weighted by atomic mass is 15.2. The summed E-state index contributed by atoms with van der Waals surface area (Å²) in [7, 11) is 1.91. The zero-order valence-electron chi connectivity index (χ0n) is 11.3. The summed E-state index contributed by atoms with van der Waals surface area (Å²) >= 11 is 0. The third kappa shape index (κ3) is 2.44. The molecule has 0 amide bonds. The van der Waals surface area contributed by atoms with Crippen molar-refractivity contribution >= 4 is 5.82 Å². The van der Waals surface area contributed by atoms with Gasteiger partial charge in [0.05, 0.1) is 0 Å². The molecule has 3 nitrogen and oxygen atoms in total. The van der Waals surface area contributed by atoms with Crippen LogP contribution in [0.1, 0.15) is 44.0 Å². The van der Waals surface area contributed by atoms with Gasteiger partial charge >= 0.3 is 0 Å². The molecule has 94 valence electrons. The minimum absolute atomic E-state index is 0.563. The lowest BCUT2D eigenvalue weighted by Gasteiger charge is -2.29. The maximum atomic E-state index is 4.59. The van der Waals surface area contributed by atoms with Gasteiger partial charge in [-0.1, -0.05) is 6.07 Å². The summed E-state index contributed by atoms with van der Waals surface area (Å²) in [5, 5.41) is 3.09. The Morgan fingerprint density at radius 3 is 2.76 bits per heavy atom. The molecule has 2 heterocycles. The van der Waals surface area contributed by atoms with E-state index < -0.39 is 0 Å². The number of hydrogen-bond donors (Lipinski definition) is 1. The van der Waals surface area contributed by atoms with Gasteiger partial charge in [0.1, 0.15) is 5.82 Å². The summed E-state index contributed by atoms with van der Waals surface area (Å²) in [4.78, 5) is 7.18. The van der Waals surface area contributed by atoms with E-state index in [2.05, 4.69) is 48.1 Å². The van der Waals surface area contributed by atoms with Crippen LogP contribution in [0.2, 0.25) is 0 Å². The largest absolute Gasteiger partial charge is 0.373 e. The molecule has 1 saturated heterocycles. The molecule has 17 heavy (non-hydrogen) atoms. The third-order valence-corrected chi connectivity index (χ3v) is 3.70. The molecule has 0 spiro atoms. The molecule has 0 aromatic carbocycles. The normalized spacial score (nSPS) is 21.1. The molecule has 1 fully saturated rings. The van der Waals surface area contributed by atoms with Crippen LogP contribution in [0.5, 0.6) is 0 Å². The van der Waals surface area contributed by atoms with Crippen LogP contribution in [-0.2, 0) is 0 Å². The zero-order valence-corrected chi connectivity index (χ0v) is 11.3. The van der Waals surface area contributed by atoms with Crippen molar-refractivity contribution in [2.75, 3.05) is 18.9 Å². The molecule has 2 rings (SSSR count). The quantitative estimate of drug-likeness (QED) is 0.870. The lowest BCUT2D eigenvalue weighted by Crippen LogP contribution is -2.30. The summed E-state index contributed by atoms with van der Waals surface area (Å²) in [6.45, 7) is 7.90. The second kappa shape index (κ2) is 5.05. The van der Waals surface area contributed by atoms with Crippen molar-refractivity contribution in [3.8, 4) is 0 Å². The second-order valence-corrected chi connectivity index (χ2v) is 5.11. The minimum atomic E-state index is 0.563. The highest BCUT2D eigenvalue weighted by Gasteiger charge is 2.29. The van der Waals surface area contributed by atoms with Gasteiger partial charge in [-0.25, -0.2) is 4.98 Å². The molecule has 1 aliphatic rings. The van der Waals surface area contributed by atoms with Gasteiger partial charge in [-0.2, -0.15) is 0 Å². The fourth-order valence-electron chi connectivity index (χ4n) is 2.80. The molecule has 0 aliphatic carbocycles. The van der Waals surface area contributed by atoms with Gasteiger partial charge in [0, 0.05) is 24.8 Å². The van der Waals surface area contributed by atoms with Crippen LogP contribution >= 0.6 is 0 Å². The molecule has 1 atom stereocenters. The van der Waals surface area contributed by atoms with Crippen molar-refractivity contribution < 1.29 is 0 Å². The Balaban J connectivity index is 2.27. The summed E-state index contributed by atoms with van der Waals surface area (Å²) in [5.41, 5.74) is 2.56. The summed E-state index contributed by atoms with van der Waals surface area (Å²) in [6.07, 6.45) is 2.57. The van der Waals surface area contributed by atoms with E-state index in [1.54, 1.807) is 0 Å². The molecule has 1 aromatic rings. The van der Waals surface area contributed by atoms with Crippen molar-refractivity contribution in [1.29, 1.82) is 0 Å². The monoisotopic (exact) mass is 233 g/mol. The van der Waals surface area contributed by atoms with Crippen LogP contribution in [0, 0.1) is 6.92 Å². The molecule has 0 saturated carbocycles. The van der Waals surface area contributed by atoms with Crippen molar-refractivity contribution in [2.45, 2.75) is 45.7 Å². The average molecular weight is 233 g/mol. The first kappa shape index (κ1) is 12.4. The summed E-state index contributed by atoms with van der Waals surface area (Å²) < 4.78 is 0. The van der Waals surface area contributed by atoms with Gasteiger partial charge in [0.25, 0.3) is 0 Å². The topological polar surface area (TPSA) is 28.2 Å². The van der Waals surface area contributed by atoms with Crippen LogP contribution in [-0.4, -0.2) is 29.5 Å². The first-order valence-corrected chi connectivity index (χ1v) is 6.54. The highest BCUT2D eigenvalue weighted by molar-refractivity contribution is 5.39. The lowest BCUT2D eigenvalue weighted by atomic mass is 10.0. The van der Waals surface area contributed by atoms with Crippen LogP contribution in [0.3, 0.4) is 0 Å². The Kier molecular flexibility index (Phi) is 3.67. The second-order valence-electron chi connectivity index (χ2n) is 5.11. The molecule has 0 bridgehead atoms. The van der Waals surface area contributed by atoms with Gasteiger partial charge in [0.15, 0.2) is 0 Å². The van der Waals surface area contributed by atoms with Gasteiger partial charge in [0.2, 0.25) is 0 Å². The fraction of sp³-hybridized carbons (Fsp3) is 0.643. The fourth-order valence-corrected chi connectivity index (χ4v) is 2.80. The smallest absolute Gasteiger partial charge is 0.125 e. The molecular formula is C14H23N3. The van der Waals surface area contributed by atoms with Gasteiger partial charge in [-0.3, -0.25) is 4.90 Å². The standard InChI is InChI=1S/C14H23N3/c1-10(2)17-9-5-6-13(17)12-7-8-14(15-4)16-11(12)3/h7-8,10,13H,5-6,9H2,1-4H3,(H,15,16)/t13-/m1/s1. The maximum Gasteiger partial charge on any atom is 0.125 e. The van der Waals surface area contributed by atoms with Crippen LogP contribution in [0.4, 0.5) is 5.82 Å². The van der Waals surface area contributed by atoms with E-state index in [1.165, 1.54) is 24.9 Å². The highest BCUT2D eigenvalue weighted by Crippen LogP contribution is 2.34. The van der Waals surface area contributed by atoms with Crippen molar-refractivity contribution in [3.63, 3.8) is 0 Å². The van der Waals surface area contributed by atoms with E-state index in [4.69, 9.17) is 0 Å². The van der Waals surface area contributed by atoms with Gasteiger partial charge in [-0.05, 0) is 51.8 Å². The lowest BCUT2D eigenvalue weighted by molar-refractivity contribution is 0.204. The van der Waals surface area contributed by atoms with Crippen molar-refractivity contribution in [2.24, 2.45) is 0 Å². The number of nitrogens with one attached hydrogen (secondary N) is 1. The minimum Gasteiger partial charge on any atom is -0.373 e. The average Bonchev–Trinajstić information content (AvgIpc) is 2.77. The van der Waals surface area contributed by atoms with E-state index in [-0.39, 0.29) is 0 Å². The molecule has 3 heteroatoms. The zero-order chi connectivity index (χ0) is 12.4. The van der Waals surface area contributed by atoms with E-state index in [0.29, 0.717) is 12.1 Å². The van der Waals surface area contributed by atoms with Crippen LogP contribution in [0.25, 0.3) is 0 Å². The van der Waals surface area contributed by atoms with Crippen LogP contribution in [0.15, 0.2) is 12.1 Å². The van der Waals surface area contributed by atoms with Gasteiger partial charge < -0.3 is 5.32 Å². The number of aromatic nitrogens is 1. The van der Waals surface area contributed by atoms with E-state index >= 15 is 0 Å². The van der Waals surface area contributed by atoms with Crippen molar-refractivity contribution in [1.82, 2.24) is 9.88 Å². The Morgan fingerprint density at radius 1 is 1.41 bits per heavy atom. The Bertz CT molecular complexity index is 387. The predicted molar refractivity (Wildman–Crippen MR) is 72.3 cm³/mol. The maximum absolute atomic E-state index is 4.59. The number of likely N-dealkylation sites (tertiary alicyclic amines) is 1. The molecule has 0 radical (unpaired) electrons. The van der Waals surface area contributed by atoms with Gasteiger partial charge in [-0.15, -0.1) is 0 Å². The number of nitrogens with zero attached hydrogens (tertiary/aromatic N) is 2. The third-order valence-electron chi connectivity index (χ3n) is 3.70. The number of aryl methyl sites for hydroxylation is 1. The SMILES string of the molecule is CNc1ccc([C@H]2CCCN2C(C)C)c(C)n1. The Labute approximate surface area is 104 Å². The van der Waals surface area contributed by atoms with E-state index in [0.717, 1.165) is 11.5 Å². The van der Waals surface area contributed by atoms with Crippen LogP contribution < -0.4 is 5.32 Å². The Morgan fingerprint density at radius 2 is 2.18 bits per heavy atom. The van der Waals surface area contributed by atoms with E-state index in [9.17, 15) is 0 Å². The van der Waals surface area contributed by atoms with E-state index in [1.807, 2.05) is 7.05 Å². The molecule has 1 aliphatic heterocycles. The van der Waals surface area contributed by atoms with Crippen molar-refractivity contribution in [3.05, 3.63) is 23.4 Å². The molecular weight excluding hydrogens is 210 g/mol. The molecule has 0 unspecified atom stereocenters. The number of anilines is 1. The Hall–Kier alpha value is -1.09. The summed E-state index contributed by atoms with van der Waals surface area (Å²) in [5.74, 6) is 0.959. The summed E-state index contributed by atoms with van der Waals surface area (Å²) in [6, 6.07) is 5.50. The number of hydrogen-bond acceptors (Lipinski definition) is 3. The predicted octanol–water partition coefficient (Wildman–Crippen LogP) is 2.98. The number of pyridine rings is 1. The first-order chi connectivity index (χ1) is 8.13. The number of rotatable bonds is 3.